The number of aryl methyl sites for hydroxylation is 1. The standard InChI is InChI=1S/C8H9N9O/c1-17-3-10-8(16-17)18-6-4-2-11-15-5(4)12-7(13-6)14-9/h2-3H,9H2,1H3,(H2,11,12,13,14,15). The van der Waals surface area contributed by atoms with Crippen molar-refractivity contribution in [3.05, 3.63) is 12.5 Å². The topological polar surface area (TPSA) is 132 Å². The lowest BCUT2D eigenvalue weighted by atomic mass is 10.4. The summed E-state index contributed by atoms with van der Waals surface area (Å²) < 4.78 is 6.98. The van der Waals surface area contributed by atoms with Gasteiger partial charge in [0.2, 0.25) is 11.8 Å². The van der Waals surface area contributed by atoms with Crippen molar-refractivity contribution < 1.29 is 4.74 Å². The van der Waals surface area contributed by atoms with Crippen molar-refractivity contribution in [2.24, 2.45) is 12.9 Å². The molecule has 0 unspecified atom stereocenters. The minimum atomic E-state index is 0.182. The number of nitrogen functional groups attached to an aromatic ring is 1. The van der Waals surface area contributed by atoms with Crippen LogP contribution in [0.25, 0.3) is 11.0 Å². The van der Waals surface area contributed by atoms with E-state index >= 15 is 0 Å². The molecule has 0 saturated heterocycles. The highest BCUT2D eigenvalue weighted by atomic mass is 16.5. The summed E-state index contributed by atoms with van der Waals surface area (Å²) in [6.45, 7) is 0. The molecule has 0 aliphatic rings. The van der Waals surface area contributed by atoms with Crippen molar-refractivity contribution >= 4 is 17.0 Å². The van der Waals surface area contributed by atoms with Crippen molar-refractivity contribution in [2.75, 3.05) is 5.43 Å². The average Bonchev–Trinajstić information content (AvgIpc) is 2.98. The summed E-state index contributed by atoms with van der Waals surface area (Å²) in [5.74, 6) is 5.75. The fourth-order valence-electron chi connectivity index (χ4n) is 1.40. The van der Waals surface area contributed by atoms with Crippen LogP contribution in [0.2, 0.25) is 0 Å². The molecule has 0 aliphatic heterocycles. The van der Waals surface area contributed by atoms with Gasteiger partial charge in [0.05, 0.1) is 6.20 Å². The Morgan fingerprint density at radius 2 is 2.33 bits per heavy atom. The van der Waals surface area contributed by atoms with E-state index in [1.165, 1.54) is 11.0 Å². The van der Waals surface area contributed by atoms with E-state index in [9.17, 15) is 0 Å². The van der Waals surface area contributed by atoms with Crippen LogP contribution in [0.15, 0.2) is 12.5 Å². The summed E-state index contributed by atoms with van der Waals surface area (Å²) in [5, 5.41) is 11.2. The van der Waals surface area contributed by atoms with E-state index in [2.05, 4.69) is 35.7 Å². The third-order valence-corrected chi connectivity index (χ3v) is 2.17. The minimum absolute atomic E-state index is 0.182. The molecule has 0 fully saturated rings. The maximum atomic E-state index is 5.46. The second-order valence-corrected chi connectivity index (χ2v) is 3.43. The molecule has 0 atom stereocenters. The average molecular weight is 247 g/mol. The SMILES string of the molecule is Cn1cnc(Oc2nc(NN)nc3[nH]ncc23)n1. The molecule has 0 spiro atoms. The van der Waals surface area contributed by atoms with Gasteiger partial charge in [0.15, 0.2) is 5.65 Å². The van der Waals surface area contributed by atoms with Gasteiger partial charge < -0.3 is 4.74 Å². The zero-order chi connectivity index (χ0) is 12.5. The number of anilines is 1. The second kappa shape index (κ2) is 3.92. The predicted molar refractivity (Wildman–Crippen MR) is 60.6 cm³/mol. The lowest BCUT2D eigenvalue weighted by Gasteiger charge is -2.03. The molecule has 3 aromatic heterocycles. The van der Waals surface area contributed by atoms with E-state index in [4.69, 9.17) is 10.6 Å². The molecule has 0 aromatic carbocycles. The second-order valence-electron chi connectivity index (χ2n) is 3.43. The first-order valence-electron chi connectivity index (χ1n) is 4.97. The van der Waals surface area contributed by atoms with Crippen LogP contribution in [0, 0.1) is 0 Å². The summed E-state index contributed by atoms with van der Waals surface area (Å²) in [7, 11) is 1.74. The smallest absolute Gasteiger partial charge is 0.342 e. The van der Waals surface area contributed by atoms with E-state index in [1.54, 1.807) is 13.2 Å². The molecule has 18 heavy (non-hydrogen) atoms. The van der Waals surface area contributed by atoms with Crippen LogP contribution in [0.1, 0.15) is 0 Å². The van der Waals surface area contributed by atoms with E-state index in [1.807, 2.05) is 0 Å². The first-order valence-corrected chi connectivity index (χ1v) is 4.97. The number of aromatic amines is 1. The Kier molecular flexibility index (Phi) is 2.27. The zero-order valence-corrected chi connectivity index (χ0v) is 9.32. The van der Waals surface area contributed by atoms with Crippen molar-refractivity contribution in [3.63, 3.8) is 0 Å². The highest BCUT2D eigenvalue weighted by Crippen LogP contribution is 2.24. The fraction of sp³-hybridized carbons (Fsp3) is 0.125. The van der Waals surface area contributed by atoms with Gasteiger partial charge in [-0.05, 0) is 0 Å². The van der Waals surface area contributed by atoms with E-state index in [0.717, 1.165) is 0 Å². The Morgan fingerprint density at radius 1 is 1.44 bits per heavy atom. The van der Waals surface area contributed by atoms with Crippen LogP contribution >= 0.6 is 0 Å². The maximum Gasteiger partial charge on any atom is 0.342 e. The van der Waals surface area contributed by atoms with Crippen molar-refractivity contribution in [1.29, 1.82) is 0 Å². The number of aromatic nitrogens is 7. The molecule has 3 heterocycles. The number of nitrogens with one attached hydrogen (secondary N) is 2. The first kappa shape index (κ1) is 10.4. The Morgan fingerprint density at radius 3 is 3.06 bits per heavy atom. The Balaban J connectivity index is 2.06. The van der Waals surface area contributed by atoms with Crippen molar-refractivity contribution in [3.8, 4) is 11.9 Å². The lowest BCUT2D eigenvalue weighted by Crippen LogP contribution is -2.11. The summed E-state index contributed by atoms with van der Waals surface area (Å²) in [4.78, 5) is 12.1. The lowest BCUT2D eigenvalue weighted by molar-refractivity contribution is 0.428. The van der Waals surface area contributed by atoms with Crippen LogP contribution in [-0.4, -0.2) is 34.9 Å². The molecule has 0 bridgehead atoms. The fourth-order valence-corrected chi connectivity index (χ4v) is 1.40. The van der Waals surface area contributed by atoms with Crippen molar-refractivity contribution in [2.45, 2.75) is 0 Å². The summed E-state index contributed by atoms with van der Waals surface area (Å²) in [6.07, 6.45) is 3.07. The summed E-state index contributed by atoms with van der Waals surface area (Å²) in [5.41, 5.74) is 2.85. The number of nitrogens with two attached hydrogens (primary N) is 1. The van der Waals surface area contributed by atoms with Crippen molar-refractivity contribution in [1.82, 2.24) is 34.9 Å². The third-order valence-electron chi connectivity index (χ3n) is 2.17. The van der Waals surface area contributed by atoms with Gasteiger partial charge in [0, 0.05) is 7.05 Å². The minimum Gasteiger partial charge on any atom is -0.403 e. The highest BCUT2D eigenvalue weighted by molar-refractivity contribution is 5.80. The molecule has 10 heteroatoms. The number of fused-ring (bicyclic) bond motifs is 1. The molecular formula is C8H9N9O. The predicted octanol–water partition coefficient (Wildman–Crippen LogP) is -0.441. The van der Waals surface area contributed by atoms with E-state index < -0.39 is 0 Å². The van der Waals surface area contributed by atoms with Crippen LogP contribution in [0.5, 0.6) is 11.9 Å². The molecule has 0 radical (unpaired) electrons. The molecule has 0 saturated carbocycles. The number of ether oxygens (including phenoxy) is 1. The molecule has 92 valence electrons. The van der Waals surface area contributed by atoms with E-state index in [-0.39, 0.29) is 17.8 Å². The van der Waals surface area contributed by atoms with Gasteiger partial charge in [-0.1, -0.05) is 0 Å². The van der Waals surface area contributed by atoms with Gasteiger partial charge in [-0.15, -0.1) is 5.10 Å². The quantitative estimate of drug-likeness (QED) is 0.419. The third kappa shape index (κ3) is 1.69. The van der Waals surface area contributed by atoms with Gasteiger partial charge in [0.1, 0.15) is 11.7 Å². The molecule has 10 nitrogen and oxygen atoms in total. The number of hydrogen-bond donors (Lipinski definition) is 3. The van der Waals surface area contributed by atoms with Crippen LogP contribution in [-0.2, 0) is 7.05 Å². The molecule has 0 amide bonds. The number of rotatable bonds is 3. The summed E-state index contributed by atoms with van der Waals surface area (Å²) in [6, 6.07) is 0.182. The Hall–Kier alpha value is -2.75. The molecular weight excluding hydrogens is 238 g/mol. The van der Waals surface area contributed by atoms with Crippen LogP contribution < -0.4 is 16.0 Å². The Bertz CT molecular complexity index is 687. The molecule has 0 aliphatic carbocycles. The zero-order valence-electron chi connectivity index (χ0n) is 9.32. The van der Waals surface area contributed by atoms with Crippen LogP contribution in [0.3, 0.4) is 0 Å². The van der Waals surface area contributed by atoms with Gasteiger partial charge >= 0.3 is 6.01 Å². The number of hydrogen-bond acceptors (Lipinski definition) is 8. The largest absolute Gasteiger partial charge is 0.403 e. The first-order chi connectivity index (χ1) is 8.76. The maximum absolute atomic E-state index is 5.46. The normalized spacial score (nSPS) is 10.8. The van der Waals surface area contributed by atoms with Gasteiger partial charge in [0.25, 0.3) is 0 Å². The molecule has 3 aromatic rings. The van der Waals surface area contributed by atoms with Crippen LogP contribution in [0.4, 0.5) is 5.95 Å². The van der Waals surface area contributed by atoms with Gasteiger partial charge in [-0.3, -0.25) is 15.2 Å². The highest BCUT2D eigenvalue weighted by Gasteiger charge is 2.12. The monoisotopic (exact) mass is 247 g/mol. The number of H-pyrrole nitrogens is 1. The molecule has 4 N–H and O–H groups in total. The van der Waals surface area contributed by atoms with Gasteiger partial charge in [-0.25, -0.2) is 5.84 Å². The number of hydrazine groups is 1. The summed E-state index contributed by atoms with van der Waals surface area (Å²) >= 11 is 0. The van der Waals surface area contributed by atoms with E-state index in [0.29, 0.717) is 11.0 Å². The number of nitrogens with zero attached hydrogens (tertiary/aromatic N) is 6. The Labute approximate surface area is 100 Å². The molecule has 3 rings (SSSR count). The van der Waals surface area contributed by atoms with Gasteiger partial charge in [-0.2, -0.15) is 20.1 Å².